The highest BCUT2D eigenvalue weighted by Crippen LogP contribution is 2.38. The third-order valence-corrected chi connectivity index (χ3v) is 2.55. The quantitative estimate of drug-likeness (QED) is 0.531. The molecule has 0 saturated heterocycles. The Morgan fingerprint density at radius 1 is 1.36 bits per heavy atom. The summed E-state index contributed by atoms with van der Waals surface area (Å²) in [5, 5.41) is 9.47. The van der Waals surface area contributed by atoms with Crippen LogP contribution in [0.15, 0.2) is 11.1 Å². The Hall–Kier alpha value is -0.300. The van der Waals surface area contributed by atoms with Crippen LogP contribution in [-0.4, -0.2) is 11.2 Å². The van der Waals surface area contributed by atoms with Crippen molar-refractivity contribution in [3.8, 4) is 0 Å². The van der Waals surface area contributed by atoms with Crippen LogP contribution < -0.4 is 0 Å². The standard InChI is InChI=1S/C10H18O/c1-7-8(10(2,3)4)5-6-9(7)11/h9,11H,5-6H2,1-4H3. The number of aliphatic hydroxyl groups is 1. The zero-order chi connectivity index (χ0) is 8.65. The fraction of sp³-hybridized carbons (Fsp3) is 0.800. The first-order chi connectivity index (χ1) is 4.93. The van der Waals surface area contributed by atoms with Crippen molar-refractivity contribution in [3.63, 3.8) is 0 Å². The second-order valence-corrected chi connectivity index (χ2v) is 4.47. The molecule has 1 unspecified atom stereocenters. The predicted octanol–water partition coefficient (Wildman–Crippen LogP) is 2.50. The Morgan fingerprint density at radius 2 is 1.91 bits per heavy atom. The summed E-state index contributed by atoms with van der Waals surface area (Å²) in [6, 6.07) is 0. The third-order valence-electron chi connectivity index (χ3n) is 2.55. The van der Waals surface area contributed by atoms with E-state index in [0.717, 1.165) is 12.8 Å². The molecule has 1 N–H and O–H groups in total. The summed E-state index contributed by atoms with van der Waals surface area (Å²) in [6.07, 6.45) is 1.85. The average molecular weight is 154 g/mol. The average Bonchev–Trinajstić information content (AvgIpc) is 2.11. The Labute approximate surface area is 69.1 Å². The maximum Gasteiger partial charge on any atom is 0.0753 e. The van der Waals surface area contributed by atoms with E-state index in [2.05, 4.69) is 27.7 Å². The summed E-state index contributed by atoms with van der Waals surface area (Å²) in [5.74, 6) is 0. The fourth-order valence-electron chi connectivity index (χ4n) is 1.86. The zero-order valence-electron chi connectivity index (χ0n) is 7.94. The van der Waals surface area contributed by atoms with Crippen molar-refractivity contribution in [3.05, 3.63) is 11.1 Å². The number of rotatable bonds is 0. The van der Waals surface area contributed by atoms with Gasteiger partial charge in [-0.25, -0.2) is 0 Å². The normalized spacial score (nSPS) is 26.5. The molecule has 1 rings (SSSR count). The molecular formula is C10H18O. The van der Waals surface area contributed by atoms with Crippen LogP contribution in [0.2, 0.25) is 0 Å². The molecule has 0 aliphatic heterocycles. The number of allylic oxidation sites excluding steroid dienone is 1. The summed E-state index contributed by atoms with van der Waals surface area (Å²) in [6.45, 7) is 8.69. The molecule has 0 saturated carbocycles. The highest BCUT2D eigenvalue weighted by molar-refractivity contribution is 5.26. The van der Waals surface area contributed by atoms with Crippen LogP contribution >= 0.6 is 0 Å². The van der Waals surface area contributed by atoms with Gasteiger partial charge in [-0.15, -0.1) is 0 Å². The van der Waals surface area contributed by atoms with Gasteiger partial charge in [0.15, 0.2) is 0 Å². The van der Waals surface area contributed by atoms with Crippen LogP contribution in [0, 0.1) is 5.41 Å². The molecule has 1 atom stereocenters. The second-order valence-electron chi connectivity index (χ2n) is 4.47. The summed E-state index contributed by atoms with van der Waals surface area (Å²) in [7, 11) is 0. The number of hydrogen-bond acceptors (Lipinski definition) is 1. The van der Waals surface area contributed by atoms with Crippen LogP contribution in [0.1, 0.15) is 40.5 Å². The van der Waals surface area contributed by atoms with Gasteiger partial charge in [0, 0.05) is 0 Å². The van der Waals surface area contributed by atoms with Gasteiger partial charge in [-0.3, -0.25) is 0 Å². The largest absolute Gasteiger partial charge is 0.389 e. The maximum absolute atomic E-state index is 9.47. The van der Waals surface area contributed by atoms with Gasteiger partial charge in [0.05, 0.1) is 6.10 Å². The van der Waals surface area contributed by atoms with Gasteiger partial charge in [-0.1, -0.05) is 26.3 Å². The van der Waals surface area contributed by atoms with E-state index in [-0.39, 0.29) is 11.5 Å². The van der Waals surface area contributed by atoms with Crippen LogP contribution in [0.4, 0.5) is 0 Å². The third kappa shape index (κ3) is 1.64. The topological polar surface area (TPSA) is 20.2 Å². The van der Waals surface area contributed by atoms with Crippen LogP contribution in [0.3, 0.4) is 0 Å². The fourth-order valence-corrected chi connectivity index (χ4v) is 1.86. The summed E-state index contributed by atoms with van der Waals surface area (Å²) < 4.78 is 0. The van der Waals surface area contributed by atoms with Gasteiger partial charge >= 0.3 is 0 Å². The van der Waals surface area contributed by atoms with E-state index >= 15 is 0 Å². The minimum atomic E-state index is -0.163. The molecule has 0 radical (unpaired) electrons. The van der Waals surface area contributed by atoms with Crippen molar-refractivity contribution in [2.24, 2.45) is 5.41 Å². The number of aliphatic hydroxyl groups excluding tert-OH is 1. The van der Waals surface area contributed by atoms with E-state index in [1.807, 2.05) is 0 Å². The van der Waals surface area contributed by atoms with Gasteiger partial charge in [-0.05, 0) is 30.8 Å². The summed E-state index contributed by atoms with van der Waals surface area (Å²) >= 11 is 0. The molecule has 1 aliphatic rings. The lowest BCUT2D eigenvalue weighted by molar-refractivity contribution is 0.212. The van der Waals surface area contributed by atoms with E-state index in [9.17, 15) is 5.11 Å². The minimum absolute atomic E-state index is 0.163. The molecule has 0 aromatic rings. The number of hydrogen-bond donors (Lipinski definition) is 1. The van der Waals surface area contributed by atoms with Gasteiger partial charge < -0.3 is 5.11 Å². The van der Waals surface area contributed by atoms with Gasteiger partial charge in [0.2, 0.25) is 0 Å². The van der Waals surface area contributed by atoms with Crippen LogP contribution in [0.25, 0.3) is 0 Å². The molecule has 1 nitrogen and oxygen atoms in total. The molecule has 0 aromatic heterocycles. The second kappa shape index (κ2) is 2.63. The first kappa shape index (κ1) is 8.79. The van der Waals surface area contributed by atoms with E-state index in [0.29, 0.717) is 0 Å². The molecule has 0 amide bonds. The highest BCUT2D eigenvalue weighted by Gasteiger charge is 2.27. The monoisotopic (exact) mass is 154 g/mol. The molecule has 0 bridgehead atoms. The Balaban J connectivity index is 2.88. The first-order valence-electron chi connectivity index (χ1n) is 4.31. The van der Waals surface area contributed by atoms with Gasteiger partial charge in [0.1, 0.15) is 0 Å². The van der Waals surface area contributed by atoms with Gasteiger partial charge in [-0.2, -0.15) is 0 Å². The molecule has 0 aromatic carbocycles. The molecular weight excluding hydrogens is 136 g/mol. The lowest BCUT2D eigenvalue weighted by atomic mass is 9.84. The van der Waals surface area contributed by atoms with E-state index in [4.69, 9.17) is 0 Å². The molecule has 1 heteroatoms. The highest BCUT2D eigenvalue weighted by atomic mass is 16.3. The predicted molar refractivity (Wildman–Crippen MR) is 47.4 cm³/mol. The molecule has 1 aliphatic carbocycles. The smallest absolute Gasteiger partial charge is 0.0753 e. The van der Waals surface area contributed by atoms with E-state index < -0.39 is 0 Å². The Bertz CT molecular complexity index is 184. The van der Waals surface area contributed by atoms with Crippen molar-refractivity contribution in [1.82, 2.24) is 0 Å². The lowest BCUT2D eigenvalue weighted by Gasteiger charge is -2.21. The lowest BCUT2D eigenvalue weighted by Crippen LogP contribution is -2.09. The molecule has 0 spiro atoms. The zero-order valence-corrected chi connectivity index (χ0v) is 7.94. The molecule has 0 fully saturated rings. The maximum atomic E-state index is 9.47. The van der Waals surface area contributed by atoms with Crippen molar-refractivity contribution in [1.29, 1.82) is 0 Å². The minimum Gasteiger partial charge on any atom is -0.389 e. The molecule has 11 heavy (non-hydrogen) atoms. The summed E-state index contributed by atoms with van der Waals surface area (Å²) in [4.78, 5) is 0. The van der Waals surface area contributed by atoms with Gasteiger partial charge in [0.25, 0.3) is 0 Å². The first-order valence-corrected chi connectivity index (χ1v) is 4.31. The summed E-state index contributed by atoms with van der Waals surface area (Å²) in [5.41, 5.74) is 2.91. The SMILES string of the molecule is CC1=C(C(C)(C)C)CCC1O. The van der Waals surface area contributed by atoms with Crippen molar-refractivity contribution in [2.45, 2.75) is 46.6 Å². The van der Waals surface area contributed by atoms with Crippen LogP contribution in [0.5, 0.6) is 0 Å². The van der Waals surface area contributed by atoms with Crippen LogP contribution in [-0.2, 0) is 0 Å². The van der Waals surface area contributed by atoms with E-state index in [1.165, 1.54) is 11.1 Å². The Morgan fingerprint density at radius 3 is 2.09 bits per heavy atom. The van der Waals surface area contributed by atoms with Crippen molar-refractivity contribution >= 4 is 0 Å². The Kier molecular flexibility index (Phi) is 2.10. The van der Waals surface area contributed by atoms with Crippen molar-refractivity contribution in [2.75, 3.05) is 0 Å². The van der Waals surface area contributed by atoms with E-state index in [1.54, 1.807) is 0 Å². The molecule has 64 valence electrons. The van der Waals surface area contributed by atoms with Crippen molar-refractivity contribution < 1.29 is 5.11 Å². The molecule has 0 heterocycles.